The van der Waals surface area contributed by atoms with E-state index >= 15 is 0 Å². The molecule has 2 rings (SSSR count). The molecule has 0 radical (unpaired) electrons. The normalized spacial score (nSPS) is 11.3. The van der Waals surface area contributed by atoms with E-state index in [9.17, 15) is 4.79 Å². The summed E-state index contributed by atoms with van der Waals surface area (Å²) in [5.41, 5.74) is 1.66. The van der Waals surface area contributed by atoms with Gasteiger partial charge in [0.1, 0.15) is 0 Å². The van der Waals surface area contributed by atoms with Gasteiger partial charge in [-0.15, -0.1) is 0 Å². The van der Waals surface area contributed by atoms with E-state index in [2.05, 4.69) is 18.4 Å². The SMILES string of the molecule is CC(C)Cn1cc(C(=O)N(CCO)CCO)c2ccccc21. The first kappa shape index (κ1) is 16.5. The van der Waals surface area contributed by atoms with Gasteiger partial charge >= 0.3 is 0 Å². The van der Waals surface area contributed by atoms with Gasteiger partial charge in [0.25, 0.3) is 5.91 Å². The van der Waals surface area contributed by atoms with Gasteiger partial charge in [-0.2, -0.15) is 0 Å². The van der Waals surface area contributed by atoms with Crippen molar-refractivity contribution >= 4 is 16.8 Å². The third-order valence-corrected chi connectivity index (χ3v) is 3.61. The molecule has 1 aromatic heterocycles. The summed E-state index contributed by atoms with van der Waals surface area (Å²) in [6, 6.07) is 7.83. The standard InChI is InChI=1S/C17H24N2O3/c1-13(2)11-19-12-15(14-5-3-4-6-16(14)19)17(22)18(7-9-20)8-10-21/h3-6,12-13,20-21H,7-11H2,1-2H3. The molecule has 1 amide bonds. The molecule has 0 bridgehead atoms. The van der Waals surface area contributed by atoms with E-state index in [1.165, 1.54) is 4.90 Å². The van der Waals surface area contributed by atoms with Crippen molar-refractivity contribution < 1.29 is 15.0 Å². The first-order valence-corrected chi connectivity index (χ1v) is 7.67. The van der Waals surface area contributed by atoms with Crippen LogP contribution in [0.4, 0.5) is 0 Å². The number of carbonyl (C=O) groups excluding carboxylic acids is 1. The van der Waals surface area contributed by atoms with E-state index in [0.717, 1.165) is 17.4 Å². The summed E-state index contributed by atoms with van der Waals surface area (Å²) < 4.78 is 2.10. The fourth-order valence-electron chi connectivity index (χ4n) is 2.69. The summed E-state index contributed by atoms with van der Waals surface area (Å²) in [4.78, 5) is 14.2. The Morgan fingerprint density at radius 3 is 2.41 bits per heavy atom. The third kappa shape index (κ3) is 3.48. The molecular formula is C17H24N2O3. The summed E-state index contributed by atoms with van der Waals surface area (Å²) >= 11 is 0. The second kappa shape index (κ2) is 7.42. The van der Waals surface area contributed by atoms with Gasteiger partial charge in [-0.25, -0.2) is 0 Å². The Morgan fingerprint density at radius 1 is 1.18 bits per heavy atom. The number of hydrogen-bond donors (Lipinski definition) is 2. The van der Waals surface area contributed by atoms with Gasteiger partial charge in [0, 0.05) is 36.7 Å². The van der Waals surface area contributed by atoms with Crippen LogP contribution in [0, 0.1) is 5.92 Å². The van der Waals surface area contributed by atoms with Gasteiger partial charge in [-0.1, -0.05) is 32.0 Å². The Balaban J connectivity index is 2.43. The molecule has 0 fully saturated rings. The molecule has 0 saturated heterocycles. The Hall–Kier alpha value is -1.85. The fraction of sp³-hybridized carbons (Fsp3) is 0.471. The number of aromatic nitrogens is 1. The number of carbonyl (C=O) groups is 1. The van der Waals surface area contributed by atoms with E-state index in [4.69, 9.17) is 10.2 Å². The Bertz CT molecular complexity index is 628. The van der Waals surface area contributed by atoms with Crippen molar-refractivity contribution in [3.63, 3.8) is 0 Å². The van der Waals surface area contributed by atoms with Gasteiger partial charge in [0.15, 0.2) is 0 Å². The van der Waals surface area contributed by atoms with Crippen molar-refractivity contribution in [3.8, 4) is 0 Å². The lowest BCUT2D eigenvalue weighted by molar-refractivity contribution is 0.0686. The fourth-order valence-corrected chi connectivity index (χ4v) is 2.69. The number of rotatable bonds is 7. The maximum Gasteiger partial charge on any atom is 0.256 e. The molecule has 0 aliphatic heterocycles. The van der Waals surface area contributed by atoms with E-state index in [0.29, 0.717) is 11.5 Å². The van der Waals surface area contributed by atoms with Gasteiger partial charge in [-0.3, -0.25) is 4.79 Å². The van der Waals surface area contributed by atoms with Gasteiger partial charge in [-0.05, 0) is 12.0 Å². The molecule has 0 saturated carbocycles. The number of aliphatic hydroxyl groups is 2. The van der Waals surface area contributed by atoms with E-state index in [1.807, 2.05) is 30.5 Å². The average molecular weight is 304 g/mol. The van der Waals surface area contributed by atoms with Crippen molar-refractivity contribution in [2.24, 2.45) is 5.92 Å². The van der Waals surface area contributed by atoms with Crippen LogP contribution in [-0.2, 0) is 6.54 Å². The second-order valence-electron chi connectivity index (χ2n) is 5.85. The molecule has 0 spiro atoms. The van der Waals surface area contributed by atoms with E-state index < -0.39 is 0 Å². The Morgan fingerprint density at radius 2 is 1.82 bits per heavy atom. The molecule has 0 atom stereocenters. The number of hydrogen-bond acceptors (Lipinski definition) is 3. The summed E-state index contributed by atoms with van der Waals surface area (Å²) in [7, 11) is 0. The average Bonchev–Trinajstić information content (AvgIpc) is 2.85. The van der Waals surface area contributed by atoms with Crippen LogP contribution in [0.2, 0.25) is 0 Å². The lowest BCUT2D eigenvalue weighted by Gasteiger charge is -2.20. The largest absolute Gasteiger partial charge is 0.395 e. The number of benzene rings is 1. The molecule has 1 heterocycles. The molecule has 22 heavy (non-hydrogen) atoms. The van der Waals surface area contributed by atoms with Crippen molar-refractivity contribution in [2.45, 2.75) is 20.4 Å². The zero-order chi connectivity index (χ0) is 16.1. The van der Waals surface area contributed by atoms with Crippen LogP contribution in [0.15, 0.2) is 30.5 Å². The topological polar surface area (TPSA) is 65.7 Å². The zero-order valence-corrected chi connectivity index (χ0v) is 13.2. The predicted octanol–water partition coefficient (Wildman–Crippen LogP) is 1.72. The highest BCUT2D eigenvalue weighted by atomic mass is 16.3. The van der Waals surface area contributed by atoms with Crippen LogP contribution < -0.4 is 0 Å². The minimum absolute atomic E-state index is 0.115. The smallest absolute Gasteiger partial charge is 0.256 e. The van der Waals surface area contributed by atoms with Gasteiger partial charge in [0.05, 0.1) is 18.8 Å². The lowest BCUT2D eigenvalue weighted by atomic mass is 10.1. The molecule has 0 aliphatic rings. The number of nitrogens with zero attached hydrogens (tertiary/aromatic N) is 2. The predicted molar refractivity (Wildman–Crippen MR) is 86.9 cm³/mol. The van der Waals surface area contributed by atoms with Crippen molar-refractivity contribution in [3.05, 3.63) is 36.0 Å². The number of para-hydroxylation sites is 1. The van der Waals surface area contributed by atoms with Crippen LogP contribution in [0.3, 0.4) is 0 Å². The molecule has 0 aliphatic carbocycles. The monoisotopic (exact) mass is 304 g/mol. The van der Waals surface area contributed by atoms with Crippen molar-refractivity contribution in [1.29, 1.82) is 0 Å². The number of aliphatic hydroxyl groups excluding tert-OH is 2. The molecular weight excluding hydrogens is 280 g/mol. The Labute approximate surface area is 130 Å². The molecule has 5 nitrogen and oxygen atoms in total. The summed E-state index contributed by atoms with van der Waals surface area (Å²) in [6.45, 7) is 5.34. The lowest BCUT2D eigenvalue weighted by Crippen LogP contribution is -2.35. The molecule has 5 heteroatoms. The first-order chi connectivity index (χ1) is 10.6. The third-order valence-electron chi connectivity index (χ3n) is 3.61. The molecule has 2 N–H and O–H groups in total. The molecule has 2 aromatic rings. The van der Waals surface area contributed by atoms with Crippen LogP contribution in [-0.4, -0.2) is 51.9 Å². The van der Waals surface area contributed by atoms with Gasteiger partial charge in [0.2, 0.25) is 0 Å². The summed E-state index contributed by atoms with van der Waals surface area (Å²) in [6.07, 6.45) is 1.88. The maximum atomic E-state index is 12.7. The maximum absolute atomic E-state index is 12.7. The van der Waals surface area contributed by atoms with Crippen molar-refractivity contribution in [2.75, 3.05) is 26.3 Å². The van der Waals surface area contributed by atoms with Crippen LogP contribution in [0.1, 0.15) is 24.2 Å². The van der Waals surface area contributed by atoms with Crippen LogP contribution in [0.5, 0.6) is 0 Å². The summed E-state index contributed by atoms with van der Waals surface area (Å²) in [5.74, 6) is 0.326. The second-order valence-corrected chi connectivity index (χ2v) is 5.85. The number of amides is 1. The highest BCUT2D eigenvalue weighted by molar-refractivity contribution is 6.07. The van der Waals surface area contributed by atoms with Crippen molar-refractivity contribution in [1.82, 2.24) is 9.47 Å². The van der Waals surface area contributed by atoms with E-state index in [-0.39, 0.29) is 32.2 Å². The number of fused-ring (bicyclic) bond motifs is 1. The molecule has 120 valence electrons. The quantitative estimate of drug-likeness (QED) is 0.818. The van der Waals surface area contributed by atoms with Crippen LogP contribution >= 0.6 is 0 Å². The molecule has 1 aromatic carbocycles. The highest BCUT2D eigenvalue weighted by Crippen LogP contribution is 2.23. The minimum atomic E-state index is -0.151. The minimum Gasteiger partial charge on any atom is -0.395 e. The highest BCUT2D eigenvalue weighted by Gasteiger charge is 2.20. The van der Waals surface area contributed by atoms with Crippen LogP contribution in [0.25, 0.3) is 10.9 Å². The summed E-state index contributed by atoms with van der Waals surface area (Å²) in [5, 5.41) is 19.1. The first-order valence-electron chi connectivity index (χ1n) is 7.67. The van der Waals surface area contributed by atoms with E-state index in [1.54, 1.807) is 0 Å². The van der Waals surface area contributed by atoms with Gasteiger partial charge < -0.3 is 19.7 Å². The zero-order valence-electron chi connectivity index (χ0n) is 13.2. The molecule has 0 unspecified atom stereocenters. The Kier molecular flexibility index (Phi) is 5.57.